The summed E-state index contributed by atoms with van der Waals surface area (Å²) in [5.41, 5.74) is 2.32. The summed E-state index contributed by atoms with van der Waals surface area (Å²) in [6.07, 6.45) is 7.27. The average molecular weight is 289 g/mol. The molecular weight excluding hydrogens is 262 g/mol. The van der Waals surface area contributed by atoms with Crippen LogP contribution < -0.4 is 5.32 Å². The van der Waals surface area contributed by atoms with Crippen LogP contribution in [0.2, 0.25) is 0 Å². The lowest BCUT2D eigenvalue weighted by Gasteiger charge is -2.14. The van der Waals surface area contributed by atoms with Crippen molar-refractivity contribution in [3.8, 4) is 0 Å². The number of amides is 1. The van der Waals surface area contributed by atoms with E-state index in [0.29, 0.717) is 12.5 Å². The average Bonchev–Trinajstić information content (AvgIpc) is 2.51. The molecule has 0 saturated heterocycles. The van der Waals surface area contributed by atoms with E-state index in [1.165, 1.54) is 5.56 Å². The van der Waals surface area contributed by atoms with Crippen LogP contribution in [0.3, 0.4) is 0 Å². The van der Waals surface area contributed by atoms with Crippen LogP contribution in [0.15, 0.2) is 30.3 Å². The zero-order chi connectivity index (χ0) is 15.5. The topological polar surface area (TPSA) is 49.3 Å². The molecule has 116 valence electrons. The fourth-order valence-corrected chi connectivity index (χ4v) is 2.28. The van der Waals surface area contributed by atoms with Gasteiger partial charge in [0.25, 0.3) is 0 Å². The van der Waals surface area contributed by atoms with E-state index in [0.717, 1.165) is 31.2 Å². The fourth-order valence-electron chi connectivity index (χ4n) is 2.28. The second-order valence-corrected chi connectivity index (χ2v) is 5.34. The van der Waals surface area contributed by atoms with Crippen molar-refractivity contribution >= 4 is 12.0 Å². The first kappa shape index (κ1) is 17.4. The molecule has 0 bridgehead atoms. The number of aryl methyl sites for hydroxylation is 1. The zero-order valence-corrected chi connectivity index (χ0v) is 13.1. The number of aliphatic hydroxyl groups is 1. The Hall–Kier alpha value is -1.61. The molecule has 21 heavy (non-hydrogen) atoms. The lowest BCUT2D eigenvalue weighted by molar-refractivity contribution is -0.116. The monoisotopic (exact) mass is 289 g/mol. The van der Waals surface area contributed by atoms with Gasteiger partial charge in [-0.15, -0.1) is 0 Å². The smallest absolute Gasteiger partial charge is 0.244 e. The number of nitrogens with one attached hydrogen (secondary N) is 1. The van der Waals surface area contributed by atoms with Crippen molar-refractivity contribution in [1.29, 1.82) is 0 Å². The number of benzene rings is 1. The third-order valence-corrected chi connectivity index (χ3v) is 3.61. The van der Waals surface area contributed by atoms with Gasteiger partial charge in [-0.1, -0.05) is 44.5 Å². The molecule has 0 aliphatic rings. The Kier molecular flexibility index (Phi) is 8.44. The van der Waals surface area contributed by atoms with Crippen LogP contribution in [-0.4, -0.2) is 24.2 Å². The van der Waals surface area contributed by atoms with Gasteiger partial charge in [-0.05, 0) is 42.4 Å². The molecule has 0 aliphatic heterocycles. The van der Waals surface area contributed by atoms with Gasteiger partial charge in [0.1, 0.15) is 0 Å². The van der Waals surface area contributed by atoms with Gasteiger partial charge in [-0.3, -0.25) is 4.79 Å². The molecule has 0 fully saturated rings. The van der Waals surface area contributed by atoms with E-state index in [4.69, 9.17) is 5.11 Å². The Morgan fingerprint density at radius 3 is 2.52 bits per heavy atom. The number of carbonyl (C=O) groups is 1. The number of rotatable bonds is 9. The second kappa shape index (κ2) is 10.2. The molecule has 1 atom stereocenters. The quantitative estimate of drug-likeness (QED) is 0.686. The standard InChI is InChI=1S/C18H27NO2/c1-3-5-17(12-13-20)14-19-18(21)11-10-16-8-6-15(4-2)7-9-16/h6-11,17,20H,3-5,12-14H2,1-2H3,(H,19,21)/b11-10+. The third-order valence-electron chi connectivity index (χ3n) is 3.61. The minimum atomic E-state index is -0.0754. The normalized spacial score (nSPS) is 12.5. The maximum atomic E-state index is 11.8. The van der Waals surface area contributed by atoms with Crippen molar-refractivity contribution in [2.24, 2.45) is 5.92 Å². The van der Waals surface area contributed by atoms with Crippen LogP contribution in [0.5, 0.6) is 0 Å². The van der Waals surface area contributed by atoms with Gasteiger partial charge in [0, 0.05) is 19.2 Å². The van der Waals surface area contributed by atoms with E-state index in [9.17, 15) is 4.79 Å². The first-order valence-corrected chi connectivity index (χ1v) is 7.85. The third kappa shape index (κ3) is 7.09. The Morgan fingerprint density at radius 2 is 1.95 bits per heavy atom. The highest BCUT2D eigenvalue weighted by atomic mass is 16.3. The molecule has 3 heteroatoms. The molecule has 1 amide bonds. The van der Waals surface area contributed by atoms with E-state index < -0.39 is 0 Å². The number of hydrogen-bond donors (Lipinski definition) is 2. The summed E-state index contributed by atoms with van der Waals surface area (Å²) in [7, 11) is 0. The number of hydrogen-bond acceptors (Lipinski definition) is 2. The van der Waals surface area contributed by atoms with Gasteiger partial charge in [-0.25, -0.2) is 0 Å². The van der Waals surface area contributed by atoms with E-state index in [1.807, 2.05) is 18.2 Å². The molecule has 0 radical (unpaired) electrons. The van der Waals surface area contributed by atoms with Crippen LogP contribution in [0.1, 0.15) is 44.2 Å². The maximum absolute atomic E-state index is 11.8. The summed E-state index contributed by atoms with van der Waals surface area (Å²) in [5, 5.41) is 11.9. The summed E-state index contributed by atoms with van der Waals surface area (Å²) in [4.78, 5) is 11.8. The predicted molar refractivity (Wildman–Crippen MR) is 88.0 cm³/mol. The van der Waals surface area contributed by atoms with Crippen molar-refractivity contribution < 1.29 is 9.90 Å². The summed E-state index contributed by atoms with van der Waals surface area (Å²) in [6.45, 7) is 5.05. The zero-order valence-electron chi connectivity index (χ0n) is 13.1. The van der Waals surface area contributed by atoms with E-state index in [-0.39, 0.29) is 12.5 Å². The molecule has 2 N–H and O–H groups in total. The van der Waals surface area contributed by atoms with E-state index in [1.54, 1.807) is 6.08 Å². The van der Waals surface area contributed by atoms with Crippen molar-refractivity contribution in [3.63, 3.8) is 0 Å². The van der Waals surface area contributed by atoms with Crippen LogP contribution in [0.25, 0.3) is 6.08 Å². The molecule has 0 spiro atoms. The molecule has 1 unspecified atom stereocenters. The molecule has 0 saturated carbocycles. The van der Waals surface area contributed by atoms with Crippen LogP contribution >= 0.6 is 0 Å². The minimum Gasteiger partial charge on any atom is -0.396 e. The molecular formula is C18H27NO2. The highest BCUT2D eigenvalue weighted by Crippen LogP contribution is 2.09. The Labute approximate surface area is 128 Å². The summed E-state index contributed by atoms with van der Waals surface area (Å²) >= 11 is 0. The van der Waals surface area contributed by atoms with Crippen LogP contribution in [-0.2, 0) is 11.2 Å². The Morgan fingerprint density at radius 1 is 1.24 bits per heavy atom. The van der Waals surface area contributed by atoms with Crippen molar-refractivity contribution in [1.82, 2.24) is 5.32 Å². The van der Waals surface area contributed by atoms with Gasteiger partial charge < -0.3 is 10.4 Å². The first-order valence-electron chi connectivity index (χ1n) is 7.85. The molecule has 1 aromatic carbocycles. The van der Waals surface area contributed by atoms with Gasteiger partial charge in [-0.2, -0.15) is 0 Å². The highest BCUT2D eigenvalue weighted by molar-refractivity contribution is 5.91. The van der Waals surface area contributed by atoms with Crippen LogP contribution in [0.4, 0.5) is 0 Å². The number of aliphatic hydroxyl groups excluding tert-OH is 1. The maximum Gasteiger partial charge on any atom is 0.244 e. The molecule has 3 nitrogen and oxygen atoms in total. The lowest BCUT2D eigenvalue weighted by atomic mass is 10.0. The summed E-state index contributed by atoms with van der Waals surface area (Å²) in [6, 6.07) is 8.20. The SMILES string of the molecule is CCCC(CCO)CNC(=O)/C=C/c1ccc(CC)cc1. The number of carbonyl (C=O) groups excluding carboxylic acids is 1. The lowest BCUT2D eigenvalue weighted by Crippen LogP contribution is -2.28. The largest absolute Gasteiger partial charge is 0.396 e. The van der Waals surface area contributed by atoms with Gasteiger partial charge >= 0.3 is 0 Å². The molecule has 0 aromatic heterocycles. The van der Waals surface area contributed by atoms with E-state index in [2.05, 4.69) is 31.3 Å². The van der Waals surface area contributed by atoms with E-state index >= 15 is 0 Å². The summed E-state index contributed by atoms with van der Waals surface area (Å²) < 4.78 is 0. The van der Waals surface area contributed by atoms with Gasteiger partial charge in [0.05, 0.1) is 0 Å². The van der Waals surface area contributed by atoms with Crippen molar-refractivity contribution in [2.45, 2.75) is 39.5 Å². The summed E-state index contributed by atoms with van der Waals surface area (Å²) in [5.74, 6) is 0.287. The molecule has 1 rings (SSSR count). The fraction of sp³-hybridized carbons (Fsp3) is 0.500. The van der Waals surface area contributed by atoms with Crippen molar-refractivity contribution in [2.75, 3.05) is 13.2 Å². The van der Waals surface area contributed by atoms with Crippen LogP contribution in [0, 0.1) is 5.92 Å². The minimum absolute atomic E-state index is 0.0754. The Balaban J connectivity index is 2.42. The predicted octanol–water partition coefficient (Wildman–Crippen LogP) is 3.18. The highest BCUT2D eigenvalue weighted by Gasteiger charge is 2.07. The Bertz CT molecular complexity index is 431. The van der Waals surface area contributed by atoms with Crippen molar-refractivity contribution in [3.05, 3.63) is 41.5 Å². The van der Waals surface area contributed by atoms with Gasteiger partial charge in [0.15, 0.2) is 0 Å². The molecule has 1 aromatic rings. The molecule has 0 heterocycles. The van der Waals surface area contributed by atoms with Gasteiger partial charge in [0.2, 0.25) is 5.91 Å². The second-order valence-electron chi connectivity index (χ2n) is 5.34. The molecule has 0 aliphatic carbocycles. The first-order chi connectivity index (χ1) is 10.2.